The SMILES string of the molecule is CC(CNc1nncs1)CN1CCCCC1. The average molecular weight is 240 g/mol. The summed E-state index contributed by atoms with van der Waals surface area (Å²) in [6, 6.07) is 0. The molecule has 1 aliphatic rings. The van der Waals surface area contributed by atoms with Gasteiger partial charge >= 0.3 is 0 Å². The highest BCUT2D eigenvalue weighted by Gasteiger charge is 2.13. The van der Waals surface area contributed by atoms with Crippen molar-refractivity contribution in [2.45, 2.75) is 26.2 Å². The molecule has 1 N–H and O–H groups in total. The van der Waals surface area contributed by atoms with E-state index in [9.17, 15) is 0 Å². The quantitative estimate of drug-likeness (QED) is 0.855. The maximum atomic E-state index is 3.98. The van der Waals surface area contributed by atoms with Gasteiger partial charge in [-0.15, -0.1) is 10.2 Å². The summed E-state index contributed by atoms with van der Waals surface area (Å²) in [5.41, 5.74) is 1.76. The van der Waals surface area contributed by atoms with Gasteiger partial charge in [-0.05, 0) is 31.8 Å². The maximum Gasteiger partial charge on any atom is 0.205 e. The number of nitrogens with one attached hydrogen (secondary N) is 1. The van der Waals surface area contributed by atoms with Gasteiger partial charge in [0.2, 0.25) is 5.13 Å². The third-order valence-corrected chi connectivity index (χ3v) is 3.63. The summed E-state index contributed by atoms with van der Waals surface area (Å²) in [6.45, 7) is 7.05. The molecule has 0 aliphatic carbocycles. The van der Waals surface area contributed by atoms with E-state index in [1.807, 2.05) is 0 Å². The Labute approximate surface area is 101 Å². The van der Waals surface area contributed by atoms with Gasteiger partial charge in [0.15, 0.2) is 0 Å². The normalized spacial score (nSPS) is 19.6. The highest BCUT2D eigenvalue weighted by molar-refractivity contribution is 7.13. The van der Waals surface area contributed by atoms with Gasteiger partial charge in [-0.3, -0.25) is 0 Å². The molecule has 1 aromatic heterocycles. The van der Waals surface area contributed by atoms with Gasteiger partial charge < -0.3 is 10.2 Å². The summed E-state index contributed by atoms with van der Waals surface area (Å²) in [4.78, 5) is 2.58. The average Bonchev–Trinajstić information content (AvgIpc) is 2.81. The van der Waals surface area contributed by atoms with Gasteiger partial charge in [0.05, 0.1) is 0 Å². The smallest absolute Gasteiger partial charge is 0.205 e. The first-order valence-corrected chi connectivity index (χ1v) is 6.95. The zero-order chi connectivity index (χ0) is 11.2. The zero-order valence-corrected chi connectivity index (χ0v) is 10.7. The summed E-state index contributed by atoms with van der Waals surface area (Å²) in [5.74, 6) is 0.669. The van der Waals surface area contributed by atoms with E-state index in [-0.39, 0.29) is 0 Å². The Bertz CT molecular complexity index is 282. The Morgan fingerprint density at radius 2 is 2.25 bits per heavy atom. The largest absolute Gasteiger partial charge is 0.360 e. The third kappa shape index (κ3) is 3.72. The summed E-state index contributed by atoms with van der Waals surface area (Å²) in [5, 5.41) is 12.1. The van der Waals surface area contributed by atoms with Crippen LogP contribution in [0.5, 0.6) is 0 Å². The highest BCUT2D eigenvalue weighted by atomic mass is 32.1. The van der Waals surface area contributed by atoms with Gasteiger partial charge in [-0.1, -0.05) is 24.7 Å². The van der Waals surface area contributed by atoms with Gasteiger partial charge in [0.25, 0.3) is 0 Å². The number of likely N-dealkylation sites (tertiary alicyclic amines) is 1. The molecule has 0 spiro atoms. The summed E-state index contributed by atoms with van der Waals surface area (Å²) in [7, 11) is 0. The van der Waals surface area contributed by atoms with E-state index >= 15 is 0 Å². The minimum atomic E-state index is 0.669. The molecule has 5 heteroatoms. The van der Waals surface area contributed by atoms with E-state index in [2.05, 4.69) is 27.3 Å². The summed E-state index contributed by atoms with van der Waals surface area (Å²) in [6.07, 6.45) is 4.15. The minimum Gasteiger partial charge on any atom is -0.360 e. The fraction of sp³-hybridized carbons (Fsp3) is 0.818. The molecule has 1 aliphatic heterocycles. The molecule has 1 aromatic rings. The summed E-state index contributed by atoms with van der Waals surface area (Å²) >= 11 is 1.56. The predicted octanol–water partition coefficient (Wildman–Crippen LogP) is 2.07. The van der Waals surface area contributed by atoms with E-state index in [0.717, 1.165) is 11.7 Å². The third-order valence-electron chi connectivity index (χ3n) is 2.98. The molecular formula is C11H20N4S. The van der Waals surface area contributed by atoms with Crippen LogP contribution in [0.3, 0.4) is 0 Å². The molecule has 2 heterocycles. The van der Waals surface area contributed by atoms with Crippen molar-refractivity contribution in [3.63, 3.8) is 0 Å². The van der Waals surface area contributed by atoms with Crippen LogP contribution in [-0.4, -0.2) is 41.3 Å². The van der Waals surface area contributed by atoms with Crippen LogP contribution in [0.4, 0.5) is 5.13 Å². The molecule has 0 aromatic carbocycles. The molecule has 0 bridgehead atoms. The molecule has 0 amide bonds. The molecule has 1 atom stereocenters. The van der Waals surface area contributed by atoms with Crippen molar-refractivity contribution < 1.29 is 0 Å². The number of anilines is 1. The van der Waals surface area contributed by atoms with Crippen molar-refractivity contribution in [3.05, 3.63) is 5.51 Å². The Hall–Kier alpha value is -0.680. The molecule has 16 heavy (non-hydrogen) atoms. The number of hydrogen-bond donors (Lipinski definition) is 1. The number of nitrogens with zero attached hydrogens (tertiary/aromatic N) is 3. The molecule has 2 rings (SSSR count). The van der Waals surface area contributed by atoms with Crippen molar-refractivity contribution in [3.8, 4) is 0 Å². The van der Waals surface area contributed by atoms with Crippen LogP contribution in [0.2, 0.25) is 0 Å². The van der Waals surface area contributed by atoms with Crippen LogP contribution >= 0.6 is 11.3 Å². The zero-order valence-electron chi connectivity index (χ0n) is 9.85. The Morgan fingerprint density at radius 3 is 2.94 bits per heavy atom. The van der Waals surface area contributed by atoms with Crippen LogP contribution in [0.25, 0.3) is 0 Å². The lowest BCUT2D eigenvalue weighted by molar-refractivity contribution is 0.204. The number of hydrogen-bond acceptors (Lipinski definition) is 5. The van der Waals surface area contributed by atoms with E-state index in [4.69, 9.17) is 0 Å². The Kier molecular flexibility index (Phi) is 4.54. The van der Waals surface area contributed by atoms with Crippen LogP contribution in [-0.2, 0) is 0 Å². The maximum absolute atomic E-state index is 3.98. The lowest BCUT2D eigenvalue weighted by atomic mass is 10.1. The van der Waals surface area contributed by atoms with E-state index in [1.165, 1.54) is 38.9 Å². The second-order valence-corrected chi connectivity index (χ2v) is 5.42. The number of piperidine rings is 1. The molecule has 0 saturated carbocycles. The van der Waals surface area contributed by atoms with Crippen molar-refractivity contribution in [1.29, 1.82) is 0 Å². The lowest BCUT2D eigenvalue weighted by Crippen LogP contribution is -2.35. The molecule has 1 fully saturated rings. The van der Waals surface area contributed by atoms with Crippen LogP contribution in [0.1, 0.15) is 26.2 Å². The van der Waals surface area contributed by atoms with Gasteiger partial charge in [-0.2, -0.15) is 0 Å². The molecular weight excluding hydrogens is 220 g/mol. The molecule has 1 saturated heterocycles. The highest BCUT2D eigenvalue weighted by Crippen LogP contribution is 2.12. The van der Waals surface area contributed by atoms with E-state index < -0.39 is 0 Å². The standard InChI is InChI=1S/C11H20N4S/c1-10(7-12-11-14-13-9-16-11)8-15-5-3-2-4-6-15/h9-10H,2-8H2,1H3,(H,12,14). The first kappa shape index (κ1) is 11.8. The number of rotatable bonds is 5. The van der Waals surface area contributed by atoms with E-state index in [1.54, 1.807) is 16.8 Å². The van der Waals surface area contributed by atoms with Crippen LogP contribution in [0.15, 0.2) is 5.51 Å². The Morgan fingerprint density at radius 1 is 1.44 bits per heavy atom. The fourth-order valence-corrected chi connectivity index (χ4v) is 2.61. The number of aromatic nitrogens is 2. The minimum absolute atomic E-state index is 0.669. The van der Waals surface area contributed by atoms with Crippen LogP contribution in [0, 0.1) is 5.92 Å². The Balaban J connectivity index is 1.65. The molecule has 90 valence electrons. The predicted molar refractivity (Wildman–Crippen MR) is 67.9 cm³/mol. The van der Waals surface area contributed by atoms with E-state index in [0.29, 0.717) is 5.92 Å². The van der Waals surface area contributed by atoms with Crippen molar-refractivity contribution in [2.24, 2.45) is 5.92 Å². The first-order valence-electron chi connectivity index (χ1n) is 6.07. The molecule has 0 radical (unpaired) electrons. The van der Waals surface area contributed by atoms with Crippen LogP contribution < -0.4 is 5.32 Å². The van der Waals surface area contributed by atoms with Gasteiger partial charge in [-0.25, -0.2) is 0 Å². The van der Waals surface area contributed by atoms with Crippen molar-refractivity contribution in [1.82, 2.24) is 15.1 Å². The molecule has 1 unspecified atom stereocenters. The fourth-order valence-electron chi connectivity index (χ4n) is 2.16. The van der Waals surface area contributed by atoms with Crippen molar-refractivity contribution >= 4 is 16.5 Å². The van der Waals surface area contributed by atoms with Gasteiger partial charge in [0, 0.05) is 13.1 Å². The van der Waals surface area contributed by atoms with Gasteiger partial charge in [0.1, 0.15) is 5.51 Å². The molecule has 4 nitrogen and oxygen atoms in total. The first-order chi connectivity index (χ1) is 7.84. The monoisotopic (exact) mass is 240 g/mol. The lowest BCUT2D eigenvalue weighted by Gasteiger charge is -2.29. The summed E-state index contributed by atoms with van der Waals surface area (Å²) < 4.78 is 0. The van der Waals surface area contributed by atoms with Crippen molar-refractivity contribution in [2.75, 3.05) is 31.5 Å². The second kappa shape index (κ2) is 6.15. The topological polar surface area (TPSA) is 41.1 Å². The second-order valence-electron chi connectivity index (χ2n) is 4.59.